The number of carbonyl (C=O) groups excluding carboxylic acids is 4. The molecule has 6 N–H and O–H groups in total. The van der Waals surface area contributed by atoms with Crippen LogP contribution in [0.5, 0.6) is 0 Å². The molecule has 2 amide bonds. The molecule has 0 fully saturated rings. The van der Waals surface area contributed by atoms with Gasteiger partial charge in [-0.15, -0.1) is 0 Å². The molecule has 38 heavy (non-hydrogen) atoms. The number of carbonyl (C=O) groups is 4. The summed E-state index contributed by atoms with van der Waals surface area (Å²) in [5, 5.41) is 10.9. The minimum atomic E-state index is -1.14. The molecule has 0 aliphatic rings. The normalized spacial score (nSPS) is 12.3. The van der Waals surface area contributed by atoms with Crippen LogP contribution in [0.2, 0.25) is 0 Å². The van der Waals surface area contributed by atoms with Crippen molar-refractivity contribution >= 4 is 69.6 Å². The van der Waals surface area contributed by atoms with E-state index in [0.717, 1.165) is 19.6 Å². The van der Waals surface area contributed by atoms with Crippen molar-refractivity contribution in [3.05, 3.63) is 7.43 Å². The molecule has 1 radical (unpaired) electrons. The van der Waals surface area contributed by atoms with Crippen LogP contribution in [-0.2, 0) is 39.3 Å². The summed E-state index contributed by atoms with van der Waals surface area (Å²) in [5.41, 5.74) is 4.28. The second kappa shape index (κ2) is 24.4. The molecule has 0 aromatic rings. The van der Waals surface area contributed by atoms with Gasteiger partial charge in [0.25, 0.3) is 0 Å². The van der Waals surface area contributed by atoms with Gasteiger partial charge in [-0.2, -0.15) is 0 Å². The van der Waals surface area contributed by atoms with Gasteiger partial charge >= 0.3 is 5.97 Å². The fourth-order valence-corrected chi connectivity index (χ4v) is 4.12. The number of aliphatic carboxylic acids is 1. The van der Waals surface area contributed by atoms with Crippen molar-refractivity contribution in [1.29, 1.82) is 0 Å². The van der Waals surface area contributed by atoms with Crippen molar-refractivity contribution in [2.24, 2.45) is 11.7 Å². The predicted octanol–water partition coefficient (Wildman–Crippen LogP) is -2.05. The number of quaternary nitrogens is 1. The van der Waals surface area contributed by atoms with Crippen LogP contribution in [0.1, 0.15) is 25.7 Å². The van der Waals surface area contributed by atoms with E-state index in [-0.39, 0.29) is 61.8 Å². The monoisotopic (exact) mass is 812 g/mol. The molecule has 0 saturated carbocycles. The predicted molar refractivity (Wildman–Crippen MR) is 155 cm³/mol. The largest absolute Gasteiger partial charge is 0.549 e. The smallest absolute Gasteiger partial charge is 0.329 e. The molecule has 1 atom stereocenters. The topological polar surface area (TPSA) is 186 Å². The van der Waals surface area contributed by atoms with Crippen molar-refractivity contribution in [3.8, 4) is 0 Å². The van der Waals surface area contributed by atoms with Gasteiger partial charge in [0.1, 0.15) is 0 Å². The Morgan fingerprint density at radius 1 is 0.895 bits per heavy atom. The van der Waals surface area contributed by atoms with Crippen LogP contribution in [0, 0.1) is 7.43 Å². The van der Waals surface area contributed by atoms with E-state index < -0.39 is 5.97 Å². The molecule has 14 nitrogen and oxygen atoms in total. The van der Waals surface area contributed by atoms with Crippen LogP contribution in [0.4, 0.5) is 0 Å². The number of carboxylic acids is 1. The third-order valence-corrected chi connectivity index (χ3v) is 7.04. The van der Waals surface area contributed by atoms with Crippen LogP contribution in [0.15, 0.2) is 0 Å². The summed E-state index contributed by atoms with van der Waals surface area (Å²) in [5.74, 6) is 8.44. The molecule has 0 heterocycles. The fourth-order valence-electron chi connectivity index (χ4n) is 3.49. The zero-order valence-corrected chi connectivity index (χ0v) is 27.9. The number of nitrogens with one attached hydrogen (secondary N) is 2. The standard InChI is InChI=1S/C20H40I2N8O6.CH3.Mn/c1-27(16-20(35)36-22)10-13-30(2,12-4-6-18(32)26-24)14-11-28(7-3-5-17(31)25-23)8-9-29(21)15-19(33)34;;/h3-16,23-24H2,1-2H3,(H2-,25,26,31,32,33,34);1H3;/q;-1;. The molecule has 0 spiro atoms. The zero-order valence-electron chi connectivity index (χ0n) is 22.4. The van der Waals surface area contributed by atoms with Crippen molar-refractivity contribution in [2.45, 2.75) is 25.7 Å². The van der Waals surface area contributed by atoms with Crippen LogP contribution >= 0.6 is 45.9 Å². The fraction of sp³-hybridized carbons (Fsp3) is 0.762. The van der Waals surface area contributed by atoms with E-state index in [1.54, 1.807) is 26.1 Å². The molecule has 1 unspecified atom stereocenters. The third kappa shape index (κ3) is 22.4. The number of hydrogen-bond donors (Lipinski definition) is 4. The van der Waals surface area contributed by atoms with Gasteiger partial charge < -0.3 is 24.9 Å². The molecular weight excluding hydrogens is 769 g/mol. The number of carboxylic acid groups (broad SMARTS) is 1. The quantitative estimate of drug-likeness (QED) is 0.0146. The van der Waals surface area contributed by atoms with E-state index in [1.165, 1.54) is 0 Å². The first-order valence-electron chi connectivity index (χ1n) is 11.6. The Morgan fingerprint density at radius 2 is 1.45 bits per heavy atom. The van der Waals surface area contributed by atoms with Gasteiger partial charge in [0.05, 0.1) is 39.2 Å². The second-order valence-electron chi connectivity index (χ2n) is 8.88. The zero-order chi connectivity index (χ0) is 27.6. The van der Waals surface area contributed by atoms with Crippen LogP contribution < -0.4 is 27.6 Å². The maximum absolute atomic E-state index is 11.6. The SMILES string of the molecule is CN(CC[N+](C)(CCCC(=O)NN)CCN(CCCC(=O)NN)CCN(I)CC(=O)[O-])CC(=O)OI.[CH3-].[Mn]. The van der Waals surface area contributed by atoms with Gasteiger partial charge in [-0.1, -0.05) is 0 Å². The summed E-state index contributed by atoms with van der Waals surface area (Å²) in [7, 11) is 3.95. The minimum Gasteiger partial charge on any atom is -0.549 e. The van der Waals surface area contributed by atoms with E-state index in [9.17, 15) is 24.3 Å². The Hall–Kier alpha value is -0.381. The molecule has 0 aliphatic carbocycles. The number of rotatable bonds is 21. The summed E-state index contributed by atoms with van der Waals surface area (Å²) in [6.45, 7) is 5.32. The minimum absolute atomic E-state index is 0. The van der Waals surface area contributed by atoms with Gasteiger partial charge in [0, 0.05) is 91.9 Å². The van der Waals surface area contributed by atoms with Crippen molar-refractivity contribution < 1.29 is 48.9 Å². The van der Waals surface area contributed by atoms with Crippen molar-refractivity contribution in [2.75, 3.05) is 79.5 Å². The molecule has 0 rings (SSSR count). The summed E-state index contributed by atoms with van der Waals surface area (Å²) in [4.78, 5) is 49.7. The number of likely N-dealkylation sites (N-methyl/N-ethyl adjacent to an activating group) is 2. The Kier molecular flexibility index (Phi) is 27.0. The second-order valence-corrected chi connectivity index (χ2v) is 10.7. The van der Waals surface area contributed by atoms with Crippen molar-refractivity contribution in [1.82, 2.24) is 23.8 Å². The number of nitrogens with zero attached hydrogens (tertiary/aromatic N) is 4. The maximum Gasteiger partial charge on any atom is 0.329 e. The maximum atomic E-state index is 11.6. The summed E-state index contributed by atoms with van der Waals surface area (Å²) >= 11 is 3.53. The van der Waals surface area contributed by atoms with E-state index in [0.29, 0.717) is 56.5 Å². The van der Waals surface area contributed by atoms with Crippen LogP contribution in [0.3, 0.4) is 0 Å². The van der Waals surface area contributed by atoms with Crippen LogP contribution in [0.25, 0.3) is 0 Å². The Bertz CT molecular complexity index is 700. The number of halogens is 2. The third-order valence-electron chi connectivity index (χ3n) is 5.72. The summed E-state index contributed by atoms with van der Waals surface area (Å²) < 4.78 is 7.00. The molecule has 0 aliphatic heterocycles. The van der Waals surface area contributed by atoms with Gasteiger partial charge in [-0.3, -0.25) is 30.2 Å². The Labute approximate surface area is 265 Å². The molecule has 17 heteroatoms. The number of hydrogen-bond acceptors (Lipinski definition) is 11. The van der Waals surface area contributed by atoms with Gasteiger partial charge in [0.15, 0.2) is 23.0 Å². The molecule has 225 valence electrons. The molecule has 0 saturated heterocycles. The first-order chi connectivity index (χ1) is 16.9. The first kappa shape index (κ1) is 42.1. The number of nitrogens with two attached hydrogens (primary N) is 2. The average Bonchev–Trinajstić information content (AvgIpc) is 2.83. The Morgan fingerprint density at radius 3 is 1.97 bits per heavy atom. The average molecular weight is 812 g/mol. The molecular formula is C21H43I2MnN8O6-. The first-order valence-corrected chi connectivity index (χ1v) is 13.4. The number of amides is 2. The van der Waals surface area contributed by atoms with Gasteiger partial charge in [-0.05, 0) is 20.0 Å². The molecule has 0 aromatic carbocycles. The molecule has 0 bridgehead atoms. The van der Waals surface area contributed by atoms with Crippen LogP contribution in [-0.4, -0.2) is 121 Å². The van der Waals surface area contributed by atoms with E-state index >= 15 is 0 Å². The summed E-state index contributed by atoms with van der Waals surface area (Å²) in [6.07, 6.45) is 1.85. The van der Waals surface area contributed by atoms with Gasteiger partial charge in [-0.25, -0.2) is 19.6 Å². The van der Waals surface area contributed by atoms with Crippen molar-refractivity contribution in [3.63, 3.8) is 0 Å². The Balaban J connectivity index is -0.00000612. The number of hydrazine groups is 2. The summed E-state index contributed by atoms with van der Waals surface area (Å²) in [6, 6.07) is 0. The molecule has 0 aromatic heterocycles. The van der Waals surface area contributed by atoms with E-state index in [4.69, 9.17) is 14.8 Å². The van der Waals surface area contributed by atoms with E-state index in [1.807, 2.05) is 34.8 Å². The van der Waals surface area contributed by atoms with Gasteiger partial charge in [0.2, 0.25) is 11.8 Å². The van der Waals surface area contributed by atoms with E-state index in [2.05, 4.69) is 22.8 Å².